The molecule has 0 atom stereocenters. The normalized spacial score (nSPS) is 21.8. The standard InChI is InChI=1S/C14H27N3O2/c1-15-14(16-12-4-5-12)17-8-6-13(7-9-17)19-11-3-10-18-2/h12-13H,3-11H2,1-2H3,(H,15,16). The number of methoxy groups -OCH3 is 1. The topological polar surface area (TPSA) is 46.1 Å². The number of nitrogens with zero attached hydrogens (tertiary/aromatic N) is 2. The van der Waals surface area contributed by atoms with Gasteiger partial charge in [0.25, 0.3) is 0 Å². The number of hydrogen-bond acceptors (Lipinski definition) is 3. The van der Waals surface area contributed by atoms with Crippen molar-refractivity contribution in [3.8, 4) is 0 Å². The lowest BCUT2D eigenvalue weighted by molar-refractivity contribution is 0.00990. The summed E-state index contributed by atoms with van der Waals surface area (Å²) in [6.07, 6.45) is 6.17. The molecule has 0 radical (unpaired) electrons. The minimum absolute atomic E-state index is 0.409. The number of ether oxygens (including phenoxy) is 2. The molecule has 1 aliphatic carbocycles. The largest absolute Gasteiger partial charge is 0.385 e. The minimum Gasteiger partial charge on any atom is -0.385 e. The molecule has 5 nitrogen and oxygen atoms in total. The van der Waals surface area contributed by atoms with Gasteiger partial charge in [0.05, 0.1) is 6.10 Å². The molecule has 110 valence electrons. The van der Waals surface area contributed by atoms with E-state index in [0.29, 0.717) is 12.1 Å². The zero-order valence-electron chi connectivity index (χ0n) is 12.2. The van der Waals surface area contributed by atoms with Gasteiger partial charge in [-0.05, 0) is 32.1 Å². The Labute approximate surface area is 116 Å². The van der Waals surface area contributed by atoms with Crippen LogP contribution < -0.4 is 5.32 Å². The number of piperidine rings is 1. The zero-order chi connectivity index (χ0) is 13.5. The van der Waals surface area contributed by atoms with E-state index in [1.165, 1.54) is 12.8 Å². The summed E-state index contributed by atoms with van der Waals surface area (Å²) in [7, 11) is 3.61. The molecule has 1 saturated heterocycles. The van der Waals surface area contributed by atoms with Crippen LogP contribution in [-0.2, 0) is 9.47 Å². The van der Waals surface area contributed by atoms with Crippen LogP contribution in [0.4, 0.5) is 0 Å². The molecule has 0 amide bonds. The van der Waals surface area contributed by atoms with E-state index in [9.17, 15) is 0 Å². The van der Waals surface area contributed by atoms with Gasteiger partial charge in [-0.2, -0.15) is 0 Å². The first kappa shape index (κ1) is 14.6. The Balaban J connectivity index is 1.63. The third-order valence-corrected chi connectivity index (χ3v) is 3.71. The average molecular weight is 269 g/mol. The van der Waals surface area contributed by atoms with E-state index in [0.717, 1.165) is 51.5 Å². The van der Waals surface area contributed by atoms with Gasteiger partial charge in [0.2, 0.25) is 0 Å². The maximum atomic E-state index is 5.87. The van der Waals surface area contributed by atoms with Crippen molar-refractivity contribution in [2.75, 3.05) is 40.5 Å². The van der Waals surface area contributed by atoms with Crippen molar-refractivity contribution in [2.24, 2.45) is 4.99 Å². The maximum absolute atomic E-state index is 5.87. The van der Waals surface area contributed by atoms with Crippen LogP contribution in [0, 0.1) is 0 Å². The predicted molar refractivity (Wildman–Crippen MR) is 76.6 cm³/mol. The molecule has 19 heavy (non-hydrogen) atoms. The Morgan fingerprint density at radius 2 is 1.95 bits per heavy atom. The Morgan fingerprint density at radius 1 is 1.21 bits per heavy atom. The average Bonchev–Trinajstić information content (AvgIpc) is 3.26. The van der Waals surface area contributed by atoms with Crippen LogP contribution in [0.1, 0.15) is 32.1 Å². The summed E-state index contributed by atoms with van der Waals surface area (Å²) in [4.78, 5) is 6.73. The van der Waals surface area contributed by atoms with Crippen molar-refractivity contribution in [1.29, 1.82) is 0 Å². The summed E-state index contributed by atoms with van der Waals surface area (Å²) in [6, 6.07) is 0.668. The summed E-state index contributed by atoms with van der Waals surface area (Å²) in [6.45, 7) is 3.69. The lowest BCUT2D eigenvalue weighted by Crippen LogP contribution is -2.47. The second-order valence-electron chi connectivity index (χ2n) is 5.37. The highest BCUT2D eigenvalue weighted by atomic mass is 16.5. The number of likely N-dealkylation sites (tertiary alicyclic amines) is 1. The van der Waals surface area contributed by atoms with Gasteiger partial charge >= 0.3 is 0 Å². The number of hydrogen-bond donors (Lipinski definition) is 1. The Bertz CT molecular complexity index is 284. The van der Waals surface area contributed by atoms with Gasteiger partial charge in [0.1, 0.15) is 0 Å². The Kier molecular flexibility index (Phi) is 5.92. The molecule has 0 aromatic heterocycles. The van der Waals surface area contributed by atoms with Crippen LogP contribution in [0.3, 0.4) is 0 Å². The van der Waals surface area contributed by atoms with Crippen LogP contribution in [0.25, 0.3) is 0 Å². The van der Waals surface area contributed by atoms with Crippen molar-refractivity contribution < 1.29 is 9.47 Å². The second kappa shape index (κ2) is 7.70. The molecule has 5 heteroatoms. The molecule has 2 aliphatic rings. The minimum atomic E-state index is 0.409. The van der Waals surface area contributed by atoms with E-state index in [2.05, 4.69) is 15.2 Å². The monoisotopic (exact) mass is 269 g/mol. The van der Waals surface area contributed by atoms with E-state index in [4.69, 9.17) is 9.47 Å². The molecule has 0 unspecified atom stereocenters. The van der Waals surface area contributed by atoms with Crippen molar-refractivity contribution in [2.45, 2.75) is 44.2 Å². The van der Waals surface area contributed by atoms with Crippen LogP contribution >= 0.6 is 0 Å². The Morgan fingerprint density at radius 3 is 2.53 bits per heavy atom. The van der Waals surface area contributed by atoms with Crippen LogP contribution in [0.15, 0.2) is 4.99 Å². The van der Waals surface area contributed by atoms with Gasteiger partial charge in [-0.1, -0.05) is 0 Å². The highest BCUT2D eigenvalue weighted by molar-refractivity contribution is 5.80. The molecule has 0 bridgehead atoms. The van der Waals surface area contributed by atoms with Gasteiger partial charge in [0, 0.05) is 46.5 Å². The number of nitrogens with one attached hydrogen (secondary N) is 1. The highest BCUT2D eigenvalue weighted by Gasteiger charge is 2.27. The number of rotatable bonds is 6. The summed E-state index contributed by atoms with van der Waals surface area (Å²) < 4.78 is 10.9. The number of aliphatic imine (C=N–C) groups is 1. The number of guanidine groups is 1. The molecule has 2 rings (SSSR count). The first-order valence-corrected chi connectivity index (χ1v) is 7.42. The highest BCUT2D eigenvalue weighted by Crippen LogP contribution is 2.20. The van der Waals surface area contributed by atoms with Gasteiger partial charge in [0.15, 0.2) is 5.96 Å². The van der Waals surface area contributed by atoms with Gasteiger partial charge in [-0.3, -0.25) is 4.99 Å². The summed E-state index contributed by atoms with van der Waals surface area (Å²) in [5.41, 5.74) is 0. The fourth-order valence-electron chi connectivity index (χ4n) is 2.40. The van der Waals surface area contributed by atoms with Crippen molar-refractivity contribution in [3.63, 3.8) is 0 Å². The molecule has 0 aromatic rings. The quantitative estimate of drug-likeness (QED) is 0.448. The molecule has 0 aromatic carbocycles. The van der Waals surface area contributed by atoms with Gasteiger partial charge in [-0.25, -0.2) is 0 Å². The third-order valence-electron chi connectivity index (χ3n) is 3.71. The van der Waals surface area contributed by atoms with Crippen molar-refractivity contribution in [1.82, 2.24) is 10.2 Å². The summed E-state index contributed by atoms with van der Waals surface area (Å²) in [5, 5.41) is 3.50. The zero-order valence-corrected chi connectivity index (χ0v) is 12.2. The Hall–Kier alpha value is -0.810. The molecular formula is C14H27N3O2. The molecule has 2 fully saturated rings. The van der Waals surface area contributed by atoms with Gasteiger partial charge in [-0.15, -0.1) is 0 Å². The van der Waals surface area contributed by atoms with Crippen LogP contribution in [0.5, 0.6) is 0 Å². The lowest BCUT2D eigenvalue weighted by atomic mass is 10.1. The van der Waals surface area contributed by atoms with Crippen LogP contribution in [0.2, 0.25) is 0 Å². The first-order valence-electron chi connectivity index (χ1n) is 7.42. The maximum Gasteiger partial charge on any atom is 0.193 e. The van der Waals surface area contributed by atoms with Crippen LogP contribution in [-0.4, -0.2) is 63.5 Å². The smallest absolute Gasteiger partial charge is 0.193 e. The van der Waals surface area contributed by atoms with Crippen molar-refractivity contribution >= 4 is 5.96 Å². The fourth-order valence-corrected chi connectivity index (χ4v) is 2.40. The molecule has 1 saturated carbocycles. The van der Waals surface area contributed by atoms with Gasteiger partial charge < -0.3 is 19.7 Å². The molecular weight excluding hydrogens is 242 g/mol. The van der Waals surface area contributed by atoms with E-state index in [1.54, 1.807) is 7.11 Å². The molecule has 1 heterocycles. The second-order valence-corrected chi connectivity index (χ2v) is 5.37. The molecule has 1 N–H and O–H groups in total. The lowest BCUT2D eigenvalue weighted by Gasteiger charge is -2.34. The summed E-state index contributed by atoms with van der Waals surface area (Å²) in [5.74, 6) is 1.07. The first-order chi connectivity index (χ1) is 9.33. The summed E-state index contributed by atoms with van der Waals surface area (Å²) >= 11 is 0. The third kappa shape index (κ3) is 4.99. The predicted octanol–water partition coefficient (Wildman–Crippen LogP) is 1.24. The molecule has 0 spiro atoms. The van der Waals surface area contributed by atoms with Crippen molar-refractivity contribution in [3.05, 3.63) is 0 Å². The van der Waals surface area contributed by atoms with E-state index >= 15 is 0 Å². The van der Waals surface area contributed by atoms with E-state index in [1.807, 2.05) is 7.05 Å². The SMILES string of the molecule is CN=C(NC1CC1)N1CCC(OCCCOC)CC1. The molecule has 1 aliphatic heterocycles. The van der Waals surface area contributed by atoms with E-state index < -0.39 is 0 Å². The fraction of sp³-hybridized carbons (Fsp3) is 0.929. The van der Waals surface area contributed by atoms with E-state index in [-0.39, 0.29) is 0 Å².